The van der Waals surface area contributed by atoms with E-state index in [1.165, 1.54) is 5.56 Å². The normalized spacial score (nSPS) is 14.2. The van der Waals surface area contributed by atoms with Crippen LogP contribution in [0.4, 0.5) is 5.69 Å². The molecule has 0 unspecified atom stereocenters. The van der Waals surface area contributed by atoms with Crippen molar-refractivity contribution < 1.29 is 4.79 Å². The van der Waals surface area contributed by atoms with Gasteiger partial charge in [-0.1, -0.05) is 18.2 Å². The summed E-state index contributed by atoms with van der Waals surface area (Å²) in [6.07, 6.45) is 3.72. The van der Waals surface area contributed by atoms with Crippen molar-refractivity contribution in [2.24, 2.45) is 0 Å². The number of anilines is 1. The van der Waals surface area contributed by atoms with Gasteiger partial charge in [-0.3, -0.25) is 9.48 Å². The molecule has 4 nitrogen and oxygen atoms in total. The molecule has 5 heteroatoms. The summed E-state index contributed by atoms with van der Waals surface area (Å²) in [7, 11) is 0. The number of hydrogen-bond donors (Lipinski definition) is 0. The quantitative estimate of drug-likeness (QED) is 0.845. The molecule has 0 atom stereocenters. The van der Waals surface area contributed by atoms with Gasteiger partial charge in [-0.15, -0.1) is 0 Å². The minimum absolute atomic E-state index is 0.0170. The van der Waals surface area contributed by atoms with E-state index >= 15 is 0 Å². The third kappa shape index (κ3) is 2.16. The van der Waals surface area contributed by atoms with Gasteiger partial charge in [-0.05, 0) is 47.3 Å². The van der Waals surface area contributed by atoms with Gasteiger partial charge >= 0.3 is 0 Å². The fraction of sp³-hybridized carbons (Fsp3) is 0.333. The lowest BCUT2D eigenvalue weighted by Gasteiger charge is -2.29. The van der Waals surface area contributed by atoms with Crippen LogP contribution in [0.15, 0.2) is 34.9 Å². The minimum Gasteiger partial charge on any atom is -0.307 e. The Hall–Kier alpha value is -1.62. The van der Waals surface area contributed by atoms with Crippen molar-refractivity contribution in [1.82, 2.24) is 9.78 Å². The second-order valence-corrected chi connectivity index (χ2v) is 5.70. The zero-order valence-electron chi connectivity index (χ0n) is 11.3. The van der Waals surface area contributed by atoms with E-state index in [1.807, 2.05) is 30.0 Å². The molecule has 0 aliphatic carbocycles. The lowest BCUT2D eigenvalue weighted by atomic mass is 10.0. The van der Waals surface area contributed by atoms with Crippen LogP contribution in [-0.4, -0.2) is 22.2 Å². The number of aromatic nitrogens is 2. The molecule has 3 rings (SSSR count). The smallest absolute Gasteiger partial charge is 0.277 e. The number of rotatable bonds is 2. The highest BCUT2D eigenvalue weighted by Crippen LogP contribution is 2.29. The van der Waals surface area contributed by atoms with Crippen molar-refractivity contribution in [2.75, 3.05) is 11.4 Å². The molecule has 1 aromatic heterocycles. The van der Waals surface area contributed by atoms with Crippen LogP contribution in [0.25, 0.3) is 0 Å². The average Bonchev–Trinajstić information content (AvgIpc) is 2.87. The number of carbonyl (C=O) groups excluding carboxylic acids is 1. The summed E-state index contributed by atoms with van der Waals surface area (Å²) >= 11 is 3.43. The first kappa shape index (κ1) is 13.4. The molecule has 0 fully saturated rings. The van der Waals surface area contributed by atoms with Crippen molar-refractivity contribution in [1.29, 1.82) is 0 Å². The van der Waals surface area contributed by atoms with Gasteiger partial charge in [0.15, 0.2) is 0 Å². The van der Waals surface area contributed by atoms with E-state index in [0.29, 0.717) is 12.2 Å². The Kier molecular flexibility index (Phi) is 3.61. The molecule has 0 spiro atoms. The summed E-state index contributed by atoms with van der Waals surface area (Å²) in [5.74, 6) is 0.0170. The number of hydrogen-bond acceptors (Lipinski definition) is 2. The first-order valence-electron chi connectivity index (χ1n) is 6.83. The first-order valence-corrected chi connectivity index (χ1v) is 7.62. The Bertz CT molecular complexity index is 650. The summed E-state index contributed by atoms with van der Waals surface area (Å²) < 4.78 is 2.50. The van der Waals surface area contributed by atoms with Crippen molar-refractivity contribution in [3.05, 3.63) is 46.2 Å². The van der Waals surface area contributed by atoms with Gasteiger partial charge in [0.2, 0.25) is 0 Å². The standard InChI is InChI=1S/C15H16BrN3O/c1-2-19-14(12(16)10-17-19)15(20)18-9-5-7-11-6-3-4-8-13(11)18/h3-4,6,8,10H,2,5,7,9H2,1H3. The summed E-state index contributed by atoms with van der Waals surface area (Å²) in [6.45, 7) is 3.43. The maximum atomic E-state index is 12.9. The highest BCUT2D eigenvalue weighted by Gasteiger charge is 2.27. The van der Waals surface area contributed by atoms with Crippen LogP contribution in [0.1, 0.15) is 29.4 Å². The van der Waals surface area contributed by atoms with E-state index in [9.17, 15) is 4.79 Å². The maximum absolute atomic E-state index is 12.9. The molecule has 1 aromatic carbocycles. The third-order valence-corrected chi connectivity index (χ3v) is 4.23. The second-order valence-electron chi connectivity index (χ2n) is 4.85. The molecular weight excluding hydrogens is 318 g/mol. The fourth-order valence-corrected chi connectivity index (χ4v) is 3.15. The van der Waals surface area contributed by atoms with Gasteiger partial charge < -0.3 is 4.90 Å². The number of aryl methyl sites for hydroxylation is 2. The number of fused-ring (bicyclic) bond motifs is 1. The van der Waals surface area contributed by atoms with Crippen LogP contribution in [-0.2, 0) is 13.0 Å². The summed E-state index contributed by atoms with van der Waals surface area (Å²) in [5, 5.41) is 4.23. The molecular formula is C15H16BrN3O. The van der Waals surface area contributed by atoms with E-state index in [-0.39, 0.29) is 5.91 Å². The summed E-state index contributed by atoms with van der Waals surface area (Å²) in [6, 6.07) is 8.13. The van der Waals surface area contributed by atoms with E-state index in [1.54, 1.807) is 10.9 Å². The van der Waals surface area contributed by atoms with Gasteiger partial charge in [0.05, 0.1) is 10.7 Å². The molecule has 1 amide bonds. The monoisotopic (exact) mass is 333 g/mol. The number of carbonyl (C=O) groups is 1. The highest BCUT2D eigenvalue weighted by atomic mass is 79.9. The van der Waals surface area contributed by atoms with Crippen LogP contribution in [0.5, 0.6) is 0 Å². The fourth-order valence-electron chi connectivity index (χ4n) is 2.69. The highest BCUT2D eigenvalue weighted by molar-refractivity contribution is 9.10. The molecule has 2 aromatic rings. The zero-order valence-corrected chi connectivity index (χ0v) is 12.9. The predicted octanol–water partition coefficient (Wildman–Crippen LogP) is 3.26. The molecule has 0 radical (unpaired) electrons. The van der Waals surface area contributed by atoms with Gasteiger partial charge in [0.25, 0.3) is 5.91 Å². The van der Waals surface area contributed by atoms with Gasteiger partial charge in [0, 0.05) is 18.8 Å². The second kappa shape index (κ2) is 5.40. The summed E-state index contributed by atoms with van der Waals surface area (Å²) in [5.41, 5.74) is 2.90. The Morgan fingerprint density at radius 1 is 1.40 bits per heavy atom. The molecule has 1 aliphatic heterocycles. The molecule has 0 saturated carbocycles. The van der Waals surface area contributed by atoms with Crippen LogP contribution >= 0.6 is 15.9 Å². The van der Waals surface area contributed by atoms with Crippen molar-refractivity contribution in [3.63, 3.8) is 0 Å². The number of benzene rings is 1. The van der Waals surface area contributed by atoms with Crippen LogP contribution in [0.3, 0.4) is 0 Å². The van der Waals surface area contributed by atoms with E-state index in [2.05, 4.69) is 27.1 Å². The number of nitrogens with zero attached hydrogens (tertiary/aromatic N) is 3. The molecule has 0 saturated heterocycles. The van der Waals surface area contributed by atoms with Crippen LogP contribution in [0.2, 0.25) is 0 Å². The lowest BCUT2D eigenvalue weighted by Crippen LogP contribution is -2.36. The number of halogens is 1. The van der Waals surface area contributed by atoms with E-state index in [4.69, 9.17) is 0 Å². The van der Waals surface area contributed by atoms with Gasteiger partial charge in [-0.2, -0.15) is 5.10 Å². The first-order chi connectivity index (χ1) is 9.72. The lowest BCUT2D eigenvalue weighted by molar-refractivity contribution is 0.0974. The largest absolute Gasteiger partial charge is 0.307 e. The zero-order chi connectivity index (χ0) is 14.1. The third-order valence-electron chi connectivity index (χ3n) is 3.65. The van der Waals surface area contributed by atoms with Gasteiger partial charge in [-0.25, -0.2) is 0 Å². The van der Waals surface area contributed by atoms with Gasteiger partial charge in [0.1, 0.15) is 5.69 Å². The number of para-hydroxylation sites is 1. The molecule has 0 N–H and O–H groups in total. The van der Waals surface area contributed by atoms with Crippen molar-refractivity contribution in [3.8, 4) is 0 Å². The Morgan fingerprint density at radius 3 is 3.00 bits per heavy atom. The van der Waals surface area contributed by atoms with E-state index in [0.717, 1.165) is 29.5 Å². The molecule has 104 valence electrons. The molecule has 0 bridgehead atoms. The van der Waals surface area contributed by atoms with Crippen molar-refractivity contribution in [2.45, 2.75) is 26.3 Å². The van der Waals surface area contributed by atoms with Crippen molar-refractivity contribution >= 4 is 27.5 Å². The van der Waals surface area contributed by atoms with E-state index < -0.39 is 0 Å². The maximum Gasteiger partial charge on any atom is 0.277 e. The summed E-state index contributed by atoms with van der Waals surface area (Å²) in [4.78, 5) is 14.7. The Morgan fingerprint density at radius 2 is 2.20 bits per heavy atom. The van der Waals surface area contributed by atoms with Crippen LogP contribution in [0, 0.1) is 0 Å². The molecule has 2 heterocycles. The topological polar surface area (TPSA) is 38.1 Å². The molecule has 20 heavy (non-hydrogen) atoms. The number of amides is 1. The Balaban J connectivity index is 2.02. The molecule has 1 aliphatic rings. The predicted molar refractivity (Wildman–Crippen MR) is 82.0 cm³/mol. The Labute approximate surface area is 126 Å². The SMILES string of the molecule is CCn1ncc(Br)c1C(=O)N1CCCc2ccccc21. The van der Waals surface area contributed by atoms with Crippen LogP contribution < -0.4 is 4.90 Å². The minimum atomic E-state index is 0.0170. The average molecular weight is 334 g/mol.